The van der Waals surface area contributed by atoms with Crippen molar-refractivity contribution in [3.05, 3.63) is 24.8 Å². The van der Waals surface area contributed by atoms with Gasteiger partial charge in [-0.15, -0.1) is 10.2 Å². The normalized spacial score (nSPS) is 10.3. The number of hydrogen-bond acceptors (Lipinski definition) is 5. The third-order valence-electron chi connectivity index (χ3n) is 1.62. The number of Topliss-reactive ketones (excluding diaryl/α,β-unsaturated/α-hetero) is 1. The van der Waals surface area contributed by atoms with Gasteiger partial charge in [0.2, 0.25) is 0 Å². The first kappa shape index (κ1) is 8.54. The molecule has 72 valence electrons. The largest absolute Gasteiger partial charge is 0.296 e. The summed E-state index contributed by atoms with van der Waals surface area (Å²) < 4.78 is 2.94. The summed E-state index contributed by atoms with van der Waals surface area (Å²) in [5, 5.41) is 14.6. The molecule has 0 spiro atoms. The van der Waals surface area contributed by atoms with Crippen LogP contribution >= 0.6 is 0 Å². The van der Waals surface area contributed by atoms with Gasteiger partial charge in [-0.1, -0.05) is 10.4 Å². The predicted octanol–water partition coefficient (Wildman–Crippen LogP) is -0.861. The number of aromatic nitrogens is 6. The van der Waals surface area contributed by atoms with E-state index in [4.69, 9.17) is 0 Å². The van der Waals surface area contributed by atoms with E-state index >= 15 is 0 Å². The standard InChI is InChI=1S/C7H8N6O/c14-7(5-12-3-1-8-10-12)6-13-4-2-9-11-13/h1-4H,5-6H2. The summed E-state index contributed by atoms with van der Waals surface area (Å²) in [4.78, 5) is 11.4. The fourth-order valence-corrected chi connectivity index (χ4v) is 1.05. The quantitative estimate of drug-likeness (QED) is 0.629. The smallest absolute Gasteiger partial charge is 0.175 e. The first-order valence-corrected chi connectivity index (χ1v) is 4.04. The van der Waals surface area contributed by atoms with Crippen LogP contribution in [0.1, 0.15) is 0 Å². The molecular formula is C7H8N6O. The molecule has 0 N–H and O–H groups in total. The van der Waals surface area contributed by atoms with Gasteiger partial charge in [0.05, 0.1) is 12.4 Å². The van der Waals surface area contributed by atoms with Crippen LogP contribution in [-0.2, 0) is 17.9 Å². The lowest BCUT2D eigenvalue weighted by atomic mass is 10.4. The summed E-state index contributed by atoms with van der Waals surface area (Å²) in [7, 11) is 0. The summed E-state index contributed by atoms with van der Waals surface area (Å²) >= 11 is 0. The lowest BCUT2D eigenvalue weighted by molar-refractivity contribution is -0.120. The summed E-state index contributed by atoms with van der Waals surface area (Å²) in [6, 6.07) is 0. The third kappa shape index (κ3) is 2.00. The van der Waals surface area contributed by atoms with Crippen molar-refractivity contribution in [2.75, 3.05) is 0 Å². The molecule has 7 heteroatoms. The van der Waals surface area contributed by atoms with Crippen LogP contribution in [0.25, 0.3) is 0 Å². The lowest BCUT2D eigenvalue weighted by Gasteiger charge is -1.99. The van der Waals surface area contributed by atoms with Crippen molar-refractivity contribution in [3.63, 3.8) is 0 Å². The van der Waals surface area contributed by atoms with E-state index in [-0.39, 0.29) is 18.9 Å². The highest BCUT2D eigenvalue weighted by atomic mass is 16.1. The average Bonchev–Trinajstić information content (AvgIpc) is 2.76. The summed E-state index contributed by atoms with van der Waals surface area (Å²) in [6.07, 6.45) is 6.34. The second-order valence-corrected chi connectivity index (χ2v) is 2.74. The molecule has 14 heavy (non-hydrogen) atoms. The zero-order valence-electron chi connectivity index (χ0n) is 7.32. The van der Waals surface area contributed by atoms with Gasteiger partial charge in [0.15, 0.2) is 5.78 Å². The minimum absolute atomic E-state index is 0.000926. The second kappa shape index (κ2) is 3.77. The Morgan fingerprint density at radius 3 is 1.86 bits per heavy atom. The van der Waals surface area contributed by atoms with Crippen molar-refractivity contribution in [3.8, 4) is 0 Å². The minimum atomic E-state index is 0.000926. The van der Waals surface area contributed by atoms with E-state index in [1.54, 1.807) is 12.4 Å². The van der Waals surface area contributed by atoms with Gasteiger partial charge in [-0.25, -0.2) is 9.36 Å². The van der Waals surface area contributed by atoms with E-state index in [1.165, 1.54) is 21.8 Å². The second-order valence-electron chi connectivity index (χ2n) is 2.74. The highest BCUT2D eigenvalue weighted by Crippen LogP contribution is 1.87. The Morgan fingerprint density at radius 1 is 1.00 bits per heavy atom. The first-order chi connectivity index (χ1) is 6.84. The van der Waals surface area contributed by atoms with Crippen molar-refractivity contribution >= 4 is 5.78 Å². The van der Waals surface area contributed by atoms with Gasteiger partial charge in [0.25, 0.3) is 0 Å². The van der Waals surface area contributed by atoms with Crippen LogP contribution in [0.15, 0.2) is 24.8 Å². The number of carbonyl (C=O) groups excluding carboxylic acids is 1. The van der Waals surface area contributed by atoms with Crippen molar-refractivity contribution in [1.82, 2.24) is 30.0 Å². The molecule has 7 nitrogen and oxygen atoms in total. The van der Waals surface area contributed by atoms with E-state index in [2.05, 4.69) is 20.6 Å². The molecule has 2 heterocycles. The topological polar surface area (TPSA) is 78.5 Å². The minimum Gasteiger partial charge on any atom is -0.296 e. The highest BCUT2D eigenvalue weighted by molar-refractivity contribution is 5.77. The van der Waals surface area contributed by atoms with Crippen LogP contribution in [0.2, 0.25) is 0 Å². The number of rotatable bonds is 4. The summed E-state index contributed by atoms with van der Waals surface area (Å²) in [5.41, 5.74) is 0. The third-order valence-corrected chi connectivity index (χ3v) is 1.62. The fraction of sp³-hybridized carbons (Fsp3) is 0.286. The molecule has 0 atom stereocenters. The van der Waals surface area contributed by atoms with Gasteiger partial charge in [0, 0.05) is 12.4 Å². The predicted molar refractivity (Wildman–Crippen MR) is 45.1 cm³/mol. The van der Waals surface area contributed by atoms with E-state index in [9.17, 15) is 4.79 Å². The fourth-order valence-electron chi connectivity index (χ4n) is 1.05. The number of hydrogen-bond donors (Lipinski definition) is 0. The summed E-state index contributed by atoms with van der Waals surface area (Å²) in [6.45, 7) is 0.416. The van der Waals surface area contributed by atoms with Crippen LogP contribution in [-0.4, -0.2) is 35.8 Å². The lowest BCUT2D eigenvalue weighted by Crippen LogP contribution is -2.17. The molecule has 0 radical (unpaired) electrons. The van der Waals surface area contributed by atoms with Crippen molar-refractivity contribution in [1.29, 1.82) is 0 Å². The van der Waals surface area contributed by atoms with Crippen LogP contribution in [0, 0.1) is 0 Å². The molecule has 2 aromatic heterocycles. The molecule has 0 unspecified atom stereocenters. The van der Waals surface area contributed by atoms with Crippen LogP contribution in [0.3, 0.4) is 0 Å². The van der Waals surface area contributed by atoms with Crippen LogP contribution < -0.4 is 0 Å². The molecule has 0 saturated heterocycles. The Hall–Kier alpha value is -2.05. The maximum absolute atomic E-state index is 11.4. The van der Waals surface area contributed by atoms with Gasteiger partial charge in [-0.3, -0.25) is 4.79 Å². The van der Waals surface area contributed by atoms with Crippen LogP contribution in [0.4, 0.5) is 0 Å². The average molecular weight is 192 g/mol. The molecule has 0 aromatic carbocycles. The zero-order chi connectivity index (χ0) is 9.80. The summed E-state index contributed by atoms with van der Waals surface area (Å²) in [5.74, 6) is 0.000926. The number of ketones is 1. The highest BCUT2D eigenvalue weighted by Gasteiger charge is 2.04. The molecule has 0 aliphatic rings. The molecule has 0 bridgehead atoms. The molecule has 2 rings (SSSR count). The molecule has 0 fully saturated rings. The van der Waals surface area contributed by atoms with E-state index in [0.29, 0.717) is 0 Å². The van der Waals surface area contributed by atoms with E-state index in [1.807, 2.05) is 0 Å². The maximum atomic E-state index is 11.4. The van der Waals surface area contributed by atoms with Crippen molar-refractivity contribution in [2.45, 2.75) is 13.1 Å². The van der Waals surface area contributed by atoms with Gasteiger partial charge < -0.3 is 0 Å². The Kier molecular flexibility index (Phi) is 2.30. The zero-order valence-corrected chi connectivity index (χ0v) is 7.32. The SMILES string of the molecule is O=C(Cn1ccnn1)Cn1ccnn1. The van der Waals surface area contributed by atoms with E-state index in [0.717, 1.165) is 0 Å². The molecule has 0 saturated carbocycles. The van der Waals surface area contributed by atoms with Crippen molar-refractivity contribution < 1.29 is 4.79 Å². The number of nitrogens with zero attached hydrogens (tertiary/aromatic N) is 6. The van der Waals surface area contributed by atoms with Gasteiger partial charge in [-0.2, -0.15) is 0 Å². The Morgan fingerprint density at radius 2 is 1.50 bits per heavy atom. The van der Waals surface area contributed by atoms with Gasteiger partial charge in [-0.05, 0) is 0 Å². The monoisotopic (exact) mass is 192 g/mol. The molecular weight excluding hydrogens is 184 g/mol. The molecule has 2 aromatic rings. The maximum Gasteiger partial charge on any atom is 0.175 e. The number of carbonyl (C=O) groups is 1. The Bertz CT molecular complexity index is 354. The van der Waals surface area contributed by atoms with E-state index < -0.39 is 0 Å². The Balaban J connectivity index is 1.91. The van der Waals surface area contributed by atoms with Gasteiger partial charge in [0.1, 0.15) is 13.1 Å². The Labute approximate surface area is 79.3 Å². The first-order valence-electron chi connectivity index (χ1n) is 4.04. The van der Waals surface area contributed by atoms with Gasteiger partial charge >= 0.3 is 0 Å². The van der Waals surface area contributed by atoms with Crippen LogP contribution in [0.5, 0.6) is 0 Å². The van der Waals surface area contributed by atoms with Crippen molar-refractivity contribution in [2.24, 2.45) is 0 Å². The molecule has 0 aliphatic heterocycles. The molecule has 0 aliphatic carbocycles. The molecule has 0 amide bonds.